The van der Waals surface area contributed by atoms with E-state index in [1.54, 1.807) is 0 Å². The molecule has 16 nitrogen and oxygen atoms in total. The Labute approximate surface area is 242 Å². The van der Waals surface area contributed by atoms with Crippen LogP contribution in [-0.4, -0.2) is 59.4 Å². The molecule has 0 bridgehead atoms. The summed E-state index contributed by atoms with van der Waals surface area (Å²) in [6.07, 6.45) is -5.59. The normalized spacial score (nSPS) is 24.2. The number of aliphatic hydroxyl groups excluding tert-OH is 2. The van der Waals surface area contributed by atoms with Gasteiger partial charge >= 0.3 is 28.9 Å². The number of aromatic amines is 1. The van der Waals surface area contributed by atoms with Crippen molar-refractivity contribution in [2.75, 3.05) is 6.61 Å². The van der Waals surface area contributed by atoms with Crippen LogP contribution < -0.4 is 16.6 Å². The third kappa shape index (κ3) is 8.56. The van der Waals surface area contributed by atoms with Gasteiger partial charge < -0.3 is 29.6 Å². The molecule has 4 unspecified atom stereocenters. The summed E-state index contributed by atoms with van der Waals surface area (Å²) in [5, 5.41) is 20.5. The van der Waals surface area contributed by atoms with Gasteiger partial charge in [-0.1, -0.05) is 60.4 Å². The molecule has 0 amide bonds. The highest BCUT2D eigenvalue weighted by Crippen LogP contribution is 2.67. The Hall–Kier alpha value is -2.99. The SMILES string of the molecule is O=c1[nH]c(=O)n([C@@H]2O[C@H](COP(=O)(O)OP(=O)(O)OP(=O)(O)c3ccccc3)C(O)[C@@H]2O)cc1C#CCc1ccccc1. The molecule has 1 saturated heterocycles. The molecule has 230 valence electrons. The van der Waals surface area contributed by atoms with Crippen molar-refractivity contribution in [3.63, 3.8) is 0 Å². The van der Waals surface area contributed by atoms with Gasteiger partial charge in [-0.05, 0) is 17.7 Å². The molecule has 7 atom stereocenters. The average molecular weight is 658 g/mol. The predicted molar refractivity (Wildman–Crippen MR) is 148 cm³/mol. The Morgan fingerprint density at radius 3 is 2.16 bits per heavy atom. The molecule has 43 heavy (non-hydrogen) atoms. The maximum atomic E-state index is 12.5. The number of H-pyrrole nitrogens is 1. The first-order chi connectivity index (χ1) is 20.2. The van der Waals surface area contributed by atoms with Gasteiger partial charge in [0.05, 0.1) is 11.9 Å². The third-order valence-electron chi connectivity index (χ3n) is 5.84. The van der Waals surface area contributed by atoms with E-state index in [-0.39, 0.29) is 12.0 Å². The van der Waals surface area contributed by atoms with Crippen LogP contribution in [0.25, 0.3) is 0 Å². The van der Waals surface area contributed by atoms with E-state index in [2.05, 4.69) is 25.0 Å². The molecule has 0 saturated carbocycles. The van der Waals surface area contributed by atoms with Crippen LogP contribution in [0.1, 0.15) is 17.4 Å². The Balaban J connectivity index is 1.42. The van der Waals surface area contributed by atoms with Gasteiger partial charge in [0.25, 0.3) is 5.56 Å². The van der Waals surface area contributed by atoms with E-state index in [0.717, 1.165) is 28.5 Å². The standard InChI is InChI=1S/C24H25N2O14P3/c27-20-19(15-37-42(33,34)40-43(35,36)39-41(31,32)18-12-5-2-6-13-18)38-23(21(20)28)26-14-17(22(29)25-24(26)30)11-7-10-16-8-3-1-4-9-16/h1-6,8-9,12-14,19-21,23,27-28H,10,15H2,(H,31,32)(H,33,34)(H,35,36)(H,25,29,30)/t19-,20?,21+,23-/m1/s1. The summed E-state index contributed by atoms with van der Waals surface area (Å²) in [6, 6.07) is 15.5. The van der Waals surface area contributed by atoms with Crippen LogP contribution in [-0.2, 0) is 38.0 Å². The zero-order chi connectivity index (χ0) is 31.4. The van der Waals surface area contributed by atoms with Crippen LogP contribution in [0.15, 0.2) is 76.4 Å². The Morgan fingerprint density at radius 2 is 1.51 bits per heavy atom. The van der Waals surface area contributed by atoms with Gasteiger partial charge in [-0.25, -0.2) is 18.2 Å². The van der Waals surface area contributed by atoms with Gasteiger partial charge in [-0.3, -0.25) is 23.4 Å². The minimum atomic E-state index is -5.69. The predicted octanol–water partition coefficient (Wildman–Crippen LogP) is 0.511. The fourth-order valence-electron chi connectivity index (χ4n) is 3.84. The molecule has 0 radical (unpaired) electrons. The molecular formula is C24H25N2O14P3. The fourth-order valence-corrected chi connectivity index (χ4v) is 7.84. The number of aliphatic hydroxyl groups is 2. The van der Waals surface area contributed by atoms with Crippen molar-refractivity contribution in [3.05, 3.63) is 98.8 Å². The number of hydrogen-bond acceptors (Lipinski definition) is 11. The number of ether oxygens (including phenoxy) is 1. The Morgan fingerprint density at radius 1 is 0.884 bits per heavy atom. The Kier molecular flexibility index (Phi) is 10.2. The number of hydrogen-bond donors (Lipinski definition) is 6. The molecule has 2 heterocycles. The molecule has 19 heteroatoms. The van der Waals surface area contributed by atoms with E-state index in [1.807, 2.05) is 35.3 Å². The van der Waals surface area contributed by atoms with Crippen molar-refractivity contribution < 1.29 is 56.5 Å². The topological polar surface area (TPSA) is 244 Å². The van der Waals surface area contributed by atoms with Crippen molar-refractivity contribution in [1.82, 2.24) is 9.55 Å². The molecule has 0 aliphatic carbocycles. The number of phosphoric ester groups is 1. The number of nitrogens with one attached hydrogen (secondary N) is 1. The van der Waals surface area contributed by atoms with E-state index in [4.69, 9.17) is 4.74 Å². The van der Waals surface area contributed by atoms with Gasteiger partial charge in [0, 0.05) is 12.6 Å². The minimum Gasteiger partial charge on any atom is -0.387 e. The Bertz CT molecular complexity index is 1770. The summed E-state index contributed by atoms with van der Waals surface area (Å²) in [5.74, 6) is 5.40. The average Bonchev–Trinajstić information content (AvgIpc) is 3.21. The molecular weight excluding hydrogens is 633 g/mol. The molecule has 0 spiro atoms. The van der Waals surface area contributed by atoms with E-state index >= 15 is 0 Å². The first-order valence-corrected chi connectivity index (χ1v) is 16.8. The molecule has 1 aliphatic rings. The zero-order valence-electron chi connectivity index (χ0n) is 21.8. The maximum Gasteiger partial charge on any atom is 0.488 e. The highest BCUT2D eigenvalue weighted by molar-refractivity contribution is 7.71. The molecule has 6 N–H and O–H groups in total. The van der Waals surface area contributed by atoms with E-state index in [9.17, 15) is 48.2 Å². The number of aromatic nitrogens is 2. The lowest BCUT2D eigenvalue weighted by atomic mass is 10.1. The summed E-state index contributed by atoms with van der Waals surface area (Å²) in [4.78, 5) is 56.4. The monoisotopic (exact) mass is 658 g/mol. The third-order valence-corrected chi connectivity index (χ3v) is 10.6. The van der Waals surface area contributed by atoms with Crippen LogP contribution in [0.3, 0.4) is 0 Å². The van der Waals surface area contributed by atoms with Gasteiger partial charge in [-0.15, -0.1) is 0 Å². The highest BCUT2D eigenvalue weighted by Gasteiger charge is 2.47. The van der Waals surface area contributed by atoms with E-state index in [1.165, 1.54) is 18.2 Å². The van der Waals surface area contributed by atoms with Crippen molar-refractivity contribution in [3.8, 4) is 11.8 Å². The first kappa shape index (κ1) is 32.9. The first-order valence-electron chi connectivity index (χ1n) is 12.2. The van der Waals surface area contributed by atoms with Crippen LogP contribution in [0, 0.1) is 11.8 Å². The van der Waals surface area contributed by atoms with Gasteiger partial charge in [0.2, 0.25) is 0 Å². The van der Waals surface area contributed by atoms with Gasteiger partial charge in [0.1, 0.15) is 23.9 Å². The molecule has 1 aliphatic heterocycles. The number of phosphoric acid groups is 2. The minimum absolute atomic E-state index is 0.163. The largest absolute Gasteiger partial charge is 0.488 e. The van der Waals surface area contributed by atoms with Gasteiger partial charge in [-0.2, -0.15) is 4.31 Å². The van der Waals surface area contributed by atoms with Crippen molar-refractivity contribution in [2.45, 2.75) is 31.0 Å². The summed E-state index contributed by atoms with van der Waals surface area (Å²) in [5.41, 5.74) is -1.14. The van der Waals surface area contributed by atoms with Crippen LogP contribution in [0.4, 0.5) is 0 Å². The number of rotatable bonds is 10. The quantitative estimate of drug-likeness (QED) is 0.128. The van der Waals surface area contributed by atoms with Crippen LogP contribution in [0.2, 0.25) is 0 Å². The second-order valence-electron chi connectivity index (χ2n) is 8.97. The summed E-state index contributed by atoms with van der Waals surface area (Å²) in [6.45, 7) is -1.04. The second kappa shape index (κ2) is 13.3. The lowest BCUT2D eigenvalue weighted by Crippen LogP contribution is -2.38. The zero-order valence-corrected chi connectivity index (χ0v) is 24.5. The molecule has 3 aromatic rings. The van der Waals surface area contributed by atoms with E-state index in [0.29, 0.717) is 0 Å². The summed E-state index contributed by atoms with van der Waals surface area (Å²) in [7, 11) is -16.2. The number of benzene rings is 2. The smallest absolute Gasteiger partial charge is 0.387 e. The molecule has 1 aromatic heterocycles. The van der Waals surface area contributed by atoms with Gasteiger partial charge in [0.15, 0.2) is 6.23 Å². The lowest BCUT2D eigenvalue weighted by molar-refractivity contribution is -0.0542. The lowest BCUT2D eigenvalue weighted by Gasteiger charge is -2.20. The summed E-state index contributed by atoms with van der Waals surface area (Å²) < 4.78 is 55.8. The molecule has 2 aromatic carbocycles. The molecule has 4 rings (SSSR count). The molecule has 1 fully saturated rings. The van der Waals surface area contributed by atoms with Crippen LogP contribution in [0.5, 0.6) is 0 Å². The van der Waals surface area contributed by atoms with Crippen molar-refractivity contribution in [1.29, 1.82) is 0 Å². The van der Waals surface area contributed by atoms with Crippen LogP contribution >= 0.6 is 23.2 Å². The number of nitrogens with zero attached hydrogens (tertiary/aromatic N) is 1. The van der Waals surface area contributed by atoms with E-state index < -0.39 is 70.9 Å². The van der Waals surface area contributed by atoms with Crippen molar-refractivity contribution >= 4 is 28.5 Å². The second-order valence-corrected chi connectivity index (χ2v) is 14.0. The van der Waals surface area contributed by atoms with Crippen molar-refractivity contribution in [2.24, 2.45) is 0 Å². The fraction of sp³-hybridized carbons (Fsp3) is 0.250. The highest BCUT2D eigenvalue weighted by atomic mass is 31.3. The maximum absolute atomic E-state index is 12.5. The summed E-state index contributed by atoms with van der Waals surface area (Å²) >= 11 is 0.